The van der Waals surface area contributed by atoms with E-state index < -0.39 is 6.10 Å². The molecule has 1 heterocycles. The number of anilines is 1. The Morgan fingerprint density at radius 2 is 1.60 bits per heavy atom. The average molecular weight is 411 g/mol. The molecule has 2 aromatic rings. The van der Waals surface area contributed by atoms with Gasteiger partial charge in [-0.2, -0.15) is 0 Å². The lowest BCUT2D eigenvalue weighted by atomic mass is 10.1. The van der Waals surface area contributed by atoms with E-state index in [0.29, 0.717) is 29.2 Å². The normalized spacial score (nSPS) is 15.1. The summed E-state index contributed by atoms with van der Waals surface area (Å²) in [6.45, 7) is 3.40. The third-order valence-electron chi connectivity index (χ3n) is 5.31. The first kappa shape index (κ1) is 21.7. The molecule has 0 aliphatic carbocycles. The zero-order valence-corrected chi connectivity index (χ0v) is 17.7. The van der Waals surface area contributed by atoms with Crippen molar-refractivity contribution in [3.63, 3.8) is 0 Å². The first-order valence-corrected chi connectivity index (χ1v) is 10.6. The van der Waals surface area contributed by atoms with Gasteiger partial charge in [0.05, 0.1) is 18.4 Å². The molecule has 1 N–H and O–H groups in total. The Labute approximate surface area is 178 Å². The van der Waals surface area contributed by atoms with Gasteiger partial charge in [0.25, 0.3) is 11.8 Å². The zero-order valence-electron chi connectivity index (χ0n) is 17.7. The second kappa shape index (κ2) is 10.7. The molecule has 0 bridgehead atoms. The highest BCUT2D eigenvalue weighted by molar-refractivity contribution is 6.04. The van der Waals surface area contributed by atoms with Gasteiger partial charge in [0.15, 0.2) is 17.6 Å². The average Bonchev–Trinajstić information content (AvgIpc) is 3.07. The molecule has 30 heavy (non-hydrogen) atoms. The zero-order chi connectivity index (χ0) is 21.3. The van der Waals surface area contributed by atoms with Crippen LogP contribution >= 0.6 is 0 Å². The number of nitrogens with zero attached hydrogens (tertiary/aromatic N) is 1. The van der Waals surface area contributed by atoms with Gasteiger partial charge >= 0.3 is 0 Å². The fourth-order valence-electron chi connectivity index (χ4n) is 3.63. The molecule has 2 aromatic carbocycles. The molecule has 1 fully saturated rings. The minimum atomic E-state index is -0.706. The monoisotopic (exact) mass is 410 g/mol. The summed E-state index contributed by atoms with van der Waals surface area (Å²) in [5.41, 5.74) is 1.03. The number of hydrogen-bond acceptors (Lipinski definition) is 4. The van der Waals surface area contributed by atoms with E-state index in [9.17, 15) is 9.59 Å². The Morgan fingerprint density at radius 3 is 2.27 bits per heavy atom. The van der Waals surface area contributed by atoms with Crippen molar-refractivity contribution in [1.29, 1.82) is 0 Å². The molecule has 2 amide bonds. The minimum Gasteiger partial charge on any atom is -0.493 e. The Kier molecular flexibility index (Phi) is 7.71. The summed E-state index contributed by atoms with van der Waals surface area (Å²) in [4.78, 5) is 27.9. The second-order valence-electron chi connectivity index (χ2n) is 7.41. The van der Waals surface area contributed by atoms with E-state index in [-0.39, 0.29) is 11.8 Å². The molecule has 160 valence electrons. The second-order valence-corrected chi connectivity index (χ2v) is 7.41. The molecule has 1 saturated heterocycles. The molecule has 6 heteroatoms. The number of benzene rings is 2. The molecule has 0 spiro atoms. The predicted octanol–water partition coefficient (Wildman–Crippen LogP) is 4.51. The highest BCUT2D eigenvalue weighted by Crippen LogP contribution is 2.28. The molecule has 3 rings (SSSR count). The standard InChI is InChI=1S/C24H30N2O4/c1-3-20(30-22-15-9-8-14-21(22)29-2)23(27)25-19-13-7-6-12-18(19)24(28)26-16-10-4-5-11-17-26/h6-9,12-15,20H,3-5,10-11,16-17H2,1-2H3,(H,25,27)/t20-/m1/s1. The lowest BCUT2D eigenvalue weighted by molar-refractivity contribution is -0.122. The summed E-state index contributed by atoms with van der Waals surface area (Å²) in [6, 6.07) is 14.4. The third-order valence-corrected chi connectivity index (χ3v) is 5.31. The number of carbonyl (C=O) groups excluding carboxylic acids is 2. The maximum absolute atomic E-state index is 13.1. The Hall–Kier alpha value is -3.02. The van der Waals surface area contributed by atoms with E-state index in [4.69, 9.17) is 9.47 Å². The number of nitrogens with one attached hydrogen (secondary N) is 1. The van der Waals surface area contributed by atoms with Crippen molar-refractivity contribution in [2.45, 2.75) is 45.1 Å². The Bertz CT molecular complexity index is 860. The van der Waals surface area contributed by atoms with E-state index in [1.165, 1.54) is 0 Å². The van der Waals surface area contributed by atoms with E-state index >= 15 is 0 Å². The molecular weight excluding hydrogens is 380 g/mol. The molecule has 1 atom stereocenters. The van der Waals surface area contributed by atoms with Crippen molar-refractivity contribution in [2.75, 3.05) is 25.5 Å². The van der Waals surface area contributed by atoms with E-state index in [0.717, 1.165) is 38.8 Å². The number of ether oxygens (including phenoxy) is 2. The van der Waals surface area contributed by atoms with Crippen molar-refractivity contribution in [2.24, 2.45) is 0 Å². The lowest BCUT2D eigenvalue weighted by Gasteiger charge is -2.23. The number of carbonyl (C=O) groups is 2. The van der Waals surface area contributed by atoms with Gasteiger partial charge in [-0.1, -0.05) is 44.0 Å². The number of hydrogen-bond donors (Lipinski definition) is 1. The van der Waals surface area contributed by atoms with Gasteiger partial charge in [-0.3, -0.25) is 9.59 Å². The molecular formula is C24H30N2O4. The Morgan fingerprint density at radius 1 is 0.967 bits per heavy atom. The summed E-state index contributed by atoms with van der Waals surface area (Å²) < 4.78 is 11.2. The van der Waals surface area contributed by atoms with Gasteiger partial charge in [0.2, 0.25) is 0 Å². The summed E-state index contributed by atoms with van der Waals surface area (Å²) >= 11 is 0. The number of likely N-dealkylation sites (tertiary alicyclic amines) is 1. The van der Waals surface area contributed by atoms with E-state index in [1.54, 1.807) is 31.4 Å². The smallest absolute Gasteiger partial charge is 0.265 e. The van der Waals surface area contributed by atoms with Crippen LogP contribution in [-0.4, -0.2) is 43.0 Å². The van der Waals surface area contributed by atoms with Gasteiger partial charge in [-0.05, 0) is 43.5 Å². The maximum Gasteiger partial charge on any atom is 0.265 e. The summed E-state index contributed by atoms with van der Waals surface area (Å²) in [5.74, 6) is 0.752. The van der Waals surface area contributed by atoms with Crippen molar-refractivity contribution < 1.29 is 19.1 Å². The van der Waals surface area contributed by atoms with Crippen LogP contribution < -0.4 is 14.8 Å². The highest BCUT2D eigenvalue weighted by atomic mass is 16.5. The number of amides is 2. The molecule has 1 aliphatic heterocycles. The van der Waals surface area contributed by atoms with Crippen molar-refractivity contribution in [1.82, 2.24) is 4.90 Å². The first-order valence-electron chi connectivity index (χ1n) is 10.6. The fraction of sp³-hybridized carbons (Fsp3) is 0.417. The van der Waals surface area contributed by atoms with Crippen molar-refractivity contribution in [3.05, 3.63) is 54.1 Å². The van der Waals surface area contributed by atoms with Crippen LogP contribution in [0.2, 0.25) is 0 Å². The molecule has 0 saturated carbocycles. The Balaban J connectivity index is 1.74. The van der Waals surface area contributed by atoms with Crippen LogP contribution in [-0.2, 0) is 4.79 Å². The van der Waals surface area contributed by atoms with Crippen LogP contribution in [0.4, 0.5) is 5.69 Å². The largest absolute Gasteiger partial charge is 0.493 e. The van der Waals surface area contributed by atoms with E-state index in [2.05, 4.69) is 5.32 Å². The maximum atomic E-state index is 13.1. The van der Waals surface area contributed by atoms with Gasteiger partial charge in [-0.15, -0.1) is 0 Å². The van der Waals surface area contributed by atoms with Gasteiger partial charge in [0.1, 0.15) is 0 Å². The minimum absolute atomic E-state index is 0.0357. The number of rotatable bonds is 7. The van der Waals surface area contributed by atoms with Crippen molar-refractivity contribution in [3.8, 4) is 11.5 Å². The molecule has 6 nitrogen and oxygen atoms in total. The summed E-state index contributed by atoms with van der Waals surface area (Å²) in [5, 5.41) is 2.90. The SMILES string of the molecule is CC[C@@H](Oc1ccccc1OC)C(=O)Nc1ccccc1C(=O)N1CCCCCC1. The predicted molar refractivity (Wildman–Crippen MR) is 117 cm³/mol. The lowest BCUT2D eigenvalue weighted by Crippen LogP contribution is -2.35. The summed E-state index contributed by atoms with van der Waals surface area (Å²) in [6.07, 6.45) is 4.12. The number of methoxy groups -OCH3 is 1. The topological polar surface area (TPSA) is 67.9 Å². The van der Waals surface area contributed by atoms with Crippen LogP contribution in [0.25, 0.3) is 0 Å². The molecule has 0 radical (unpaired) electrons. The van der Waals surface area contributed by atoms with Crippen LogP contribution in [0.5, 0.6) is 11.5 Å². The van der Waals surface area contributed by atoms with Gasteiger partial charge in [0, 0.05) is 13.1 Å². The number of para-hydroxylation sites is 3. The third kappa shape index (κ3) is 5.32. The van der Waals surface area contributed by atoms with Crippen LogP contribution in [0.15, 0.2) is 48.5 Å². The molecule has 0 aromatic heterocycles. The van der Waals surface area contributed by atoms with Crippen LogP contribution in [0.3, 0.4) is 0 Å². The van der Waals surface area contributed by atoms with Crippen LogP contribution in [0, 0.1) is 0 Å². The summed E-state index contributed by atoms with van der Waals surface area (Å²) in [7, 11) is 1.56. The highest BCUT2D eigenvalue weighted by Gasteiger charge is 2.24. The fourth-order valence-corrected chi connectivity index (χ4v) is 3.63. The van der Waals surface area contributed by atoms with Gasteiger partial charge < -0.3 is 19.7 Å². The van der Waals surface area contributed by atoms with Crippen LogP contribution in [0.1, 0.15) is 49.4 Å². The van der Waals surface area contributed by atoms with Gasteiger partial charge in [-0.25, -0.2) is 0 Å². The van der Waals surface area contributed by atoms with Crippen molar-refractivity contribution >= 4 is 17.5 Å². The quantitative estimate of drug-likeness (QED) is 0.729. The molecule has 1 aliphatic rings. The first-order chi connectivity index (χ1) is 14.6. The van der Waals surface area contributed by atoms with E-state index in [1.807, 2.05) is 36.1 Å². The molecule has 0 unspecified atom stereocenters.